The van der Waals surface area contributed by atoms with E-state index in [9.17, 15) is 9.36 Å². The number of Topliss-reactive ketones (excluding diaryl/α,β-unsaturated/α-hetero) is 1. The van der Waals surface area contributed by atoms with E-state index >= 15 is 0 Å². The van der Waals surface area contributed by atoms with Gasteiger partial charge in [0.25, 0.3) is 0 Å². The molecule has 1 aliphatic carbocycles. The molecule has 2 nitrogen and oxygen atoms in total. The van der Waals surface area contributed by atoms with E-state index in [2.05, 4.69) is 0 Å². The molecule has 0 spiro atoms. The van der Waals surface area contributed by atoms with Crippen LogP contribution in [0.15, 0.2) is 22.0 Å². The first-order chi connectivity index (χ1) is 4.26. The van der Waals surface area contributed by atoms with Gasteiger partial charge in [0.2, 0.25) is 0 Å². The maximum absolute atomic E-state index is 11.2. The van der Waals surface area contributed by atoms with Crippen LogP contribution in [0.2, 0.25) is 0 Å². The molecule has 9 heavy (non-hydrogen) atoms. The molecule has 44 valence electrons. The van der Waals surface area contributed by atoms with Crippen molar-refractivity contribution in [2.45, 2.75) is 6.42 Å². The Morgan fingerprint density at radius 2 is 2.11 bits per heavy atom. The Kier molecular flexibility index (Phi) is 0.376. The zero-order valence-electron chi connectivity index (χ0n) is 4.55. The summed E-state index contributed by atoms with van der Waals surface area (Å²) in [6.45, 7) is 0. The molecule has 3 heterocycles. The van der Waals surface area contributed by atoms with Crippen molar-refractivity contribution in [3.63, 3.8) is 0 Å². The van der Waals surface area contributed by atoms with Crippen LogP contribution in [0.5, 0.6) is 0 Å². The summed E-state index contributed by atoms with van der Waals surface area (Å²) in [5.41, 5.74) is 0. The first-order valence-electron chi connectivity index (χ1n) is 2.86. The van der Waals surface area contributed by atoms with Gasteiger partial charge in [0.1, 0.15) is 0 Å². The van der Waals surface area contributed by atoms with Crippen molar-refractivity contribution in [1.82, 2.24) is 0 Å². The average molecular weight is 138 g/mol. The topological polar surface area (TPSA) is 34.1 Å². The number of allylic oxidation sites excluding steroid dienone is 4. The van der Waals surface area contributed by atoms with Crippen LogP contribution in [-0.2, 0) is 9.36 Å². The Balaban J connectivity index is 2.40. The van der Waals surface area contributed by atoms with Crippen LogP contribution in [-0.4, -0.2) is 5.78 Å². The minimum absolute atomic E-state index is 0.100. The summed E-state index contributed by atoms with van der Waals surface area (Å²) in [6.07, 6.45) is 2.31. The predicted molar refractivity (Wildman–Crippen MR) is 32.3 cm³/mol. The van der Waals surface area contributed by atoms with Crippen molar-refractivity contribution < 1.29 is 9.36 Å². The first kappa shape index (κ1) is 4.24. The molecular formula is C6H3O2P. The predicted octanol–water partition coefficient (Wildman–Crippen LogP) is 1.44. The van der Waals surface area contributed by atoms with E-state index in [1.54, 1.807) is 0 Å². The lowest BCUT2D eigenvalue weighted by Crippen LogP contribution is -1.98. The van der Waals surface area contributed by atoms with E-state index in [-0.39, 0.29) is 5.78 Å². The fourth-order valence-electron chi connectivity index (χ4n) is 1.49. The number of hydrogen-bond donors (Lipinski definition) is 0. The molecule has 0 saturated carbocycles. The van der Waals surface area contributed by atoms with E-state index in [4.69, 9.17) is 0 Å². The second-order valence-corrected chi connectivity index (χ2v) is 5.12. The quantitative estimate of drug-likeness (QED) is 0.474. The third kappa shape index (κ3) is 0.231. The molecule has 0 aromatic heterocycles. The molecule has 0 aromatic carbocycles. The summed E-state index contributed by atoms with van der Waals surface area (Å²) in [6, 6.07) is 0. The number of carbonyl (C=O) groups excluding carboxylic acids is 1. The number of hydrogen-bond acceptors (Lipinski definition) is 2. The molecular weight excluding hydrogens is 135 g/mol. The van der Waals surface area contributed by atoms with Crippen LogP contribution < -0.4 is 0 Å². The molecule has 3 aliphatic heterocycles. The van der Waals surface area contributed by atoms with E-state index in [0.717, 1.165) is 10.6 Å². The van der Waals surface area contributed by atoms with Crippen LogP contribution in [0.25, 0.3) is 0 Å². The Hall–Kier alpha value is -0.620. The molecule has 1 fully saturated rings. The summed E-state index contributed by atoms with van der Waals surface area (Å²) < 4.78 is 11.2. The largest absolute Gasteiger partial charge is 0.308 e. The van der Waals surface area contributed by atoms with Crippen molar-refractivity contribution in [1.29, 1.82) is 0 Å². The molecule has 2 bridgehead atoms. The third-order valence-corrected chi connectivity index (χ3v) is 4.92. The fourth-order valence-corrected chi connectivity index (χ4v) is 4.30. The van der Waals surface area contributed by atoms with Gasteiger partial charge in [-0.15, -0.1) is 0 Å². The van der Waals surface area contributed by atoms with Gasteiger partial charge < -0.3 is 4.57 Å². The highest BCUT2D eigenvalue weighted by Gasteiger charge is 2.73. The van der Waals surface area contributed by atoms with Crippen LogP contribution in [0.3, 0.4) is 0 Å². The van der Waals surface area contributed by atoms with Gasteiger partial charge in [-0.3, -0.25) is 4.79 Å². The first-order valence-corrected chi connectivity index (χ1v) is 4.56. The molecule has 0 aromatic rings. The lowest BCUT2D eigenvalue weighted by Gasteiger charge is -1.99. The summed E-state index contributed by atoms with van der Waals surface area (Å²) in [5, 5.41) is 2.64. The fraction of sp³-hybridized carbons (Fsp3) is 0.167. The monoisotopic (exact) mass is 138 g/mol. The summed E-state index contributed by atoms with van der Waals surface area (Å²) in [7, 11) is -2.05. The number of carbonyl (C=O) groups is 1. The Morgan fingerprint density at radius 3 is 2.44 bits per heavy atom. The van der Waals surface area contributed by atoms with E-state index in [0.29, 0.717) is 11.7 Å². The highest BCUT2D eigenvalue weighted by molar-refractivity contribution is 7.95. The zero-order valence-corrected chi connectivity index (χ0v) is 5.44. The second kappa shape index (κ2) is 0.800. The van der Waals surface area contributed by atoms with Gasteiger partial charge in [-0.2, -0.15) is 0 Å². The smallest absolute Gasteiger partial charge is 0.177 e. The molecule has 0 radical (unpaired) electrons. The second-order valence-electron chi connectivity index (χ2n) is 2.52. The van der Waals surface area contributed by atoms with E-state index in [1.807, 2.05) is 6.08 Å². The van der Waals surface area contributed by atoms with Gasteiger partial charge >= 0.3 is 0 Å². The minimum atomic E-state index is -2.05. The molecule has 4 aliphatic rings. The number of rotatable bonds is 0. The highest BCUT2D eigenvalue weighted by atomic mass is 31.2. The maximum Gasteiger partial charge on any atom is 0.177 e. The third-order valence-electron chi connectivity index (χ3n) is 2.08. The van der Waals surface area contributed by atoms with Crippen LogP contribution in [0.1, 0.15) is 6.42 Å². The molecule has 0 N–H and O–H groups in total. The van der Waals surface area contributed by atoms with Gasteiger partial charge in [-0.05, 0) is 0 Å². The molecule has 1 atom stereocenters. The highest BCUT2D eigenvalue weighted by Crippen LogP contribution is 3.02. The van der Waals surface area contributed by atoms with Crippen molar-refractivity contribution in [3.05, 3.63) is 22.0 Å². The van der Waals surface area contributed by atoms with Crippen LogP contribution in [0, 0.1) is 0 Å². The van der Waals surface area contributed by atoms with E-state index in [1.165, 1.54) is 0 Å². The van der Waals surface area contributed by atoms with Crippen molar-refractivity contribution >= 4 is 12.9 Å². The Labute approximate surface area is 51.6 Å². The normalized spacial score (nSPS) is 42.2. The molecule has 4 rings (SSSR count). The SMILES string of the molecule is O=C1CC=C2C3=C1P23=O. The lowest BCUT2D eigenvalue weighted by molar-refractivity contribution is -0.114. The van der Waals surface area contributed by atoms with Crippen molar-refractivity contribution in [3.8, 4) is 0 Å². The van der Waals surface area contributed by atoms with Crippen molar-refractivity contribution in [2.75, 3.05) is 0 Å². The summed E-state index contributed by atoms with van der Waals surface area (Å²) in [5.74, 6) is 0.100. The average Bonchev–Trinajstić information content (AvgIpc) is 2.57. The zero-order chi connectivity index (χ0) is 6.22. The molecule has 1 saturated heterocycles. The minimum Gasteiger partial charge on any atom is -0.308 e. The number of fused-ring (bicyclic) bond motifs is 2. The van der Waals surface area contributed by atoms with Gasteiger partial charge in [-0.1, -0.05) is 6.08 Å². The van der Waals surface area contributed by atoms with Crippen molar-refractivity contribution in [2.24, 2.45) is 0 Å². The summed E-state index contributed by atoms with van der Waals surface area (Å²) in [4.78, 5) is 10.8. The lowest BCUT2D eigenvalue weighted by atomic mass is 10.2. The molecule has 1 unspecified atom stereocenters. The molecule has 3 heteroatoms. The molecule has 0 amide bonds. The Bertz CT molecular complexity index is 359. The maximum atomic E-state index is 11.2. The van der Waals surface area contributed by atoms with Gasteiger partial charge in [-0.25, -0.2) is 0 Å². The van der Waals surface area contributed by atoms with Gasteiger partial charge in [0, 0.05) is 17.0 Å². The number of ketones is 1. The van der Waals surface area contributed by atoms with Crippen LogP contribution in [0.4, 0.5) is 0 Å². The summed E-state index contributed by atoms with van der Waals surface area (Å²) >= 11 is 0. The van der Waals surface area contributed by atoms with Crippen LogP contribution >= 0.6 is 7.14 Å². The van der Waals surface area contributed by atoms with E-state index < -0.39 is 7.14 Å². The van der Waals surface area contributed by atoms with Gasteiger partial charge in [0.15, 0.2) is 12.9 Å². The standard InChI is InChI=1S/C6H3O2P/c7-3-1-2-4-6-5(3)9(4,6)8/h2H,1H2. The Morgan fingerprint density at radius 1 is 1.44 bits per heavy atom. The van der Waals surface area contributed by atoms with Gasteiger partial charge in [0.05, 0.1) is 5.31 Å².